The number of hydrogen-bond acceptors (Lipinski definition) is 2. The van der Waals surface area contributed by atoms with Crippen LogP contribution in [0.25, 0.3) is 0 Å². The summed E-state index contributed by atoms with van der Waals surface area (Å²) in [5.41, 5.74) is 1.14. The molecular weight excluding hydrogens is 269 g/mol. The van der Waals surface area contributed by atoms with Gasteiger partial charge in [0.15, 0.2) is 0 Å². The second kappa shape index (κ2) is 6.76. The molecule has 1 atom stereocenters. The summed E-state index contributed by atoms with van der Waals surface area (Å²) in [6, 6.07) is 6.16. The van der Waals surface area contributed by atoms with Gasteiger partial charge in [0.25, 0.3) is 0 Å². The Kier molecular flexibility index (Phi) is 5.31. The number of methoxy groups -OCH3 is 1. The predicted molar refractivity (Wildman–Crippen MR) is 76.6 cm³/mol. The van der Waals surface area contributed by atoms with Crippen LogP contribution in [0.3, 0.4) is 0 Å². The highest BCUT2D eigenvalue weighted by atomic mass is 35.5. The maximum atomic E-state index is 6.14. The molecule has 1 N–H and O–H groups in total. The molecule has 2 nitrogen and oxygen atoms in total. The van der Waals surface area contributed by atoms with Gasteiger partial charge in [-0.15, -0.1) is 0 Å². The Morgan fingerprint density at radius 2 is 2.17 bits per heavy atom. The second-order valence-corrected chi connectivity index (χ2v) is 5.68. The van der Waals surface area contributed by atoms with E-state index >= 15 is 0 Å². The summed E-state index contributed by atoms with van der Waals surface area (Å²) >= 11 is 12.0. The van der Waals surface area contributed by atoms with Crippen LogP contribution in [-0.2, 0) is 11.2 Å². The Balaban J connectivity index is 1.79. The minimum Gasteiger partial charge on any atom is -0.383 e. The number of halogens is 2. The molecule has 0 saturated heterocycles. The lowest BCUT2D eigenvalue weighted by atomic mass is 10.1. The third kappa shape index (κ3) is 4.13. The third-order valence-corrected chi connectivity index (χ3v) is 3.94. The van der Waals surface area contributed by atoms with Crippen molar-refractivity contribution in [2.75, 3.05) is 20.3 Å². The summed E-state index contributed by atoms with van der Waals surface area (Å²) < 4.78 is 5.24. The SMILES string of the molecule is COCC(NCCc1ccc(Cl)cc1Cl)C1CC1. The van der Waals surface area contributed by atoms with Crippen LogP contribution < -0.4 is 5.32 Å². The Bertz CT molecular complexity index is 393. The monoisotopic (exact) mass is 287 g/mol. The van der Waals surface area contributed by atoms with E-state index in [2.05, 4.69) is 5.32 Å². The van der Waals surface area contributed by atoms with E-state index in [4.69, 9.17) is 27.9 Å². The standard InChI is InChI=1S/C14H19Cl2NO/c1-18-9-14(11-2-3-11)17-7-6-10-4-5-12(15)8-13(10)16/h4-5,8,11,14,17H,2-3,6-7,9H2,1H3. The Morgan fingerprint density at radius 3 is 2.78 bits per heavy atom. The van der Waals surface area contributed by atoms with Crippen molar-refractivity contribution in [3.63, 3.8) is 0 Å². The molecule has 4 heteroatoms. The number of benzene rings is 1. The first kappa shape index (κ1) is 14.1. The van der Waals surface area contributed by atoms with Crippen LogP contribution in [0, 0.1) is 5.92 Å². The van der Waals surface area contributed by atoms with Crippen LogP contribution in [0.2, 0.25) is 10.0 Å². The van der Waals surface area contributed by atoms with Crippen molar-refractivity contribution in [2.24, 2.45) is 5.92 Å². The fourth-order valence-corrected chi connectivity index (χ4v) is 2.66. The van der Waals surface area contributed by atoms with Crippen molar-refractivity contribution < 1.29 is 4.74 Å². The first-order valence-electron chi connectivity index (χ1n) is 6.37. The number of hydrogen-bond donors (Lipinski definition) is 1. The van der Waals surface area contributed by atoms with Gasteiger partial charge < -0.3 is 10.1 Å². The minimum atomic E-state index is 0.487. The molecule has 100 valence electrons. The summed E-state index contributed by atoms with van der Waals surface area (Å²) in [5, 5.41) is 4.99. The zero-order valence-corrected chi connectivity index (χ0v) is 12.1. The summed E-state index contributed by atoms with van der Waals surface area (Å²) in [7, 11) is 1.76. The van der Waals surface area contributed by atoms with Gasteiger partial charge in [0.2, 0.25) is 0 Å². The average Bonchev–Trinajstić information content (AvgIpc) is 3.15. The molecular formula is C14H19Cl2NO. The molecule has 0 aliphatic heterocycles. The fourth-order valence-electron chi connectivity index (χ4n) is 2.16. The maximum absolute atomic E-state index is 6.14. The molecule has 1 fully saturated rings. The molecule has 0 amide bonds. The molecule has 2 rings (SSSR count). The normalized spacial score (nSPS) is 16.8. The molecule has 0 aromatic heterocycles. The first-order valence-corrected chi connectivity index (χ1v) is 7.12. The topological polar surface area (TPSA) is 21.3 Å². The summed E-state index contributed by atoms with van der Waals surface area (Å²) in [6.45, 7) is 1.71. The zero-order valence-electron chi connectivity index (χ0n) is 10.6. The molecule has 1 aromatic carbocycles. The van der Waals surface area contributed by atoms with E-state index in [1.54, 1.807) is 13.2 Å². The second-order valence-electron chi connectivity index (χ2n) is 4.84. The smallest absolute Gasteiger partial charge is 0.0618 e. The van der Waals surface area contributed by atoms with Gasteiger partial charge in [0.1, 0.15) is 0 Å². The number of nitrogens with one attached hydrogen (secondary N) is 1. The van der Waals surface area contributed by atoms with Crippen LogP contribution in [-0.4, -0.2) is 26.3 Å². The summed E-state index contributed by atoms with van der Waals surface area (Å²) in [5.74, 6) is 0.797. The van der Waals surface area contributed by atoms with Crippen molar-refractivity contribution >= 4 is 23.2 Å². The summed E-state index contributed by atoms with van der Waals surface area (Å²) in [4.78, 5) is 0. The Labute approximate surface area is 119 Å². The highest BCUT2D eigenvalue weighted by Crippen LogP contribution is 2.32. The van der Waals surface area contributed by atoms with Crippen LogP contribution in [0.15, 0.2) is 18.2 Å². The lowest BCUT2D eigenvalue weighted by molar-refractivity contribution is 0.158. The molecule has 1 saturated carbocycles. The summed E-state index contributed by atoms with van der Waals surface area (Å²) in [6.07, 6.45) is 3.56. The number of rotatable bonds is 7. The predicted octanol–water partition coefficient (Wildman–Crippen LogP) is 3.55. The van der Waals surface area contributed by atoms with Gasteiger partial charge >= 0.3 is 0 Å². The highest BCUT2D eigenvalue weighted by Gasteiger charge is 2.30. The van der Waals surface area contributed by atoms with Gasteiger partial charge in [0, 0.05) is 23.2 Å². The molecule has 1 unspecified atom stereocenters. The Morgan fingerprint density at radius 1 is 1.39 bits per heavy atom. The average molecular weight is 288 g/mol. The molecule has 0 spiro atoms. The van der Waals surface area contributed by atoms with Crippen LogP contribution in [0.1, 0.15) is 18.4 Å². The van der Waals surface area contributed by atoms with Crippen LogP contribution in [0.4, 0.5) is 0 Å². The van der Waals surface area contributed by atoms with Crippen molar-refractivity contribution in [3.05, 3.63) is 33.8 Å². The van der Waals surface area contributed by atoms with Crippen molar-refractivity contribution in [3.8, 4) is 0 Å². The molecule has 1 aliphatic carbocycles. The van der Waals surface area contributed by atoms with Crippen molar-refractivity contribution in [1.29, 1.82) is 0 Å². The lowest BCUT2D eigenvalue weighted by Crippen LogP contribution is -2.36. The van der Waals surface area contributed by atoms with Crippen molar-refractivity contribution in [1.82, 2.24) is 5.32 Å². The van der Waals surface area contributed by atoms with E-state index < -0.39 is 0 Å². The zero-order chi connectivity index (χ0) is 13.0. The van der Waals surface area contributed by atoms with E-state index in [1.807, 2.05) is 12.1 Å². The Hall–Kier alpha value is -0.280. The van der Waals surface area contributed by atoms with E-state index in [1.165, 1.54) is 12.8 Å². The van der Waals surface area contributed by atoms with Crippen molar-refractivity contribution in [2.45, 2.75) is 25.3 Å². The van der Waals surface area contributed by atoms with E-state index in [-0.39, 0.29) is 0 Å². The van der Waals surface area contributed by atoms with Crippen LogP contribution in [0.5, 0.6) is 0 Å². The van der Waals surface area contributed by atoms with Gasteiger partial charge in [0.05, 0.1) is 6.61 Å². The van der Waals surface area contributed by atoms with Gasteiger partial charge in [-0.2, -0.15) is 0 Å². The van der Waals surface area contributed by atoms with Crippen LogP contribution >= 0.6 is 23.2 Å². The van der Waals surface area contributed by atoms with Gasteiger partial charge in [-0.1, -0.05) is 29.3 Å². The number of ether oxygens (including phenoxy) is 1. The lowest BCUT2D eigenvalue weighted by Gasteiger charge is -2.17. The maximum Gasteiger partial charge on any atom is 0.0618 e. The highest BCUT2D eigenvalue weighted by molar-refractivity contribution is 6.35. The molecule has 0 heterocycles. The minimum absolute atomic E-state index is 0.487. The third-order valence-electron chi connectivity index (χ3n) is 3.35. The fraction of sp³-hybridized carbons (Fsp3) is 0.571. The van der Waals surface area contributed by atoms with E-state index in [0.29, 0.717) is 11.1 Å². The van der Waals surface area contributed by atoms with Gasteiger partial charge in [-0.05, 0) is 49.4 Å². The quantitative estimate of drug-likeness (QED) is 0.828. The molecule has 18 heavy (non-hydrogen) atoms. The van der Waals surface area contributed by atoms with E-state index in [9.17, 15) is 0 Å². The first-order chi connectivity index (χ1) is 8.70. The molecule has 1 aromatic rings. The largest absolute Gasteiger partial charge is 0.383 e. The van der Waals surface area contributed by atoms with Gasteiger partial charge in [-0.25, -0.2) is 0 Å². The van der Waals surface area contributed by atoms with Gasteiger partial charge in [-0.3, -0.25) is 0 Å². The van der Waals surface area contributed by atoms with E-state index in [0.717, 1.165) is 36.1 Å². The molecule has 0 radical (unpaired) electrons. The molecule has 1 aliphatic rings. The molecule has 0 bridgehead atoms.